The van der Waals surface area contributed by atoms with Crippen LogP contribution in [-0.2, 0) is 41.6 Å². The lowest BCUT2D eigenvalue weighted by atomic mass is 10.00. The van der Waals surface area contributed by atoms with Gasteiger partial charge in [0.25, 0.3) is 0 Å². The van der Waals surface area contributed by atoms with E-state index < -0.39 is 71.8 Å². The fraction of sp³-hybridized carbons (Fsp3) is 0.571. The maximum Gasteiger partial charge on any atom is 0.326 e. The SMILES string of the molecule is CC.CC(C)C[C@@H](NC(=O)[C@@H](Cc1ccccc1)NC(=O)[C@H](N)Cc1ccccc1)C(=O)N[C@H](CCCN)C(=O)NCCCC[C@@H](NC(=O)[C@H](N)CCCN)C(=O)O. The topological polar surface area (TPSA) is 287 Å². The highest BCUT2D eigenvalue weighted by atomic mass is 16.4. The number of carbonyl (C=O) groups is 6. The number of nitrogens with two attached hydrogens (primary N) is 4. The Kier molecular flexibility index (Phi) is 25.9. The zero-order valence-corrected chi connectivity index (χ0v) is 34.7. The normalized spacial score (nSPS) is 13.9. The van der Waals surface area contributed by atoms with Crippen molar-refractivity contribution in [2.75, 3.05) is 19.6 Å². The summed E-state index contributed by atoms with van der Waals surface area (Å²) in [6.45, 7) is 8.62. The Morgan fingerprint density at radius 2 is 1.02 bits per heavy atom. The maximum absolute atomic E-state index is 13.9. The molecule has 5 amide bonds. The summed E-state index contributed by atoms with van der Waals surface area (Å²) in [7, 11) is 0. The smallest absolute Gasteiger partial charge is 0.326 e. The monoisotopic (exact) mass is 812 g/mol. The molecule has 324 valence electrons. The van der Waals surface area contributed by atoms with Crippen LogP contribution in [0, 0.1) is 5.92 Å². The van der Waals surface area contributed by atoms with Gasteiger partial charge in [-0.3, -0.25) is 24.0 Å². The molecule has 0 aliphatic rings. The predicted molar refractivity (Wildman–Crippen MR) is 226 cm³/mol. The first-order chi connectivity index (χ1) is 27.7. The predicted octanol–water partition coefficient (Wildman–Crippen LogP) is 0.987. The van der Waals surface area contributed by atoms with Crippen molar-refractivity contribution in [1.82, 2.24) is 26.6 Å². The van der Waals surface area contributed by atoms with Crippen molar-refractivity contribution in [2.45, 2.75) is 128 Å². The summed E-state index contributed by atoms with van der Waals surface area (Å²) in [5.41, 5.74) is 24.9. The molecule has 0 radical (unpaired) electrons. The average molecular weight is 812 g/mol. The molecule has 16 heteroatoms. The Bertz CT molecular complexity index is 1510. The second-order valence-electron chi connectivity index (χ2n) is 14.5. The number of unbranched alkanes of at least 4 members (excludes halogenated alkanes) is 1. The quantitative estimate of drug-likeness (QED) is 0.0568. The van der Waals surface area contributed by atoms with E-state index in [4.69, 9.17) is 22.9 Å². The summed E-state index contributed by atoms with van der Waals surface area (Å²) in [5.74, 6) is -3.91. The van der Waals surface area contributed by atoms with Crippen LogP contribution in [0.25, 0.3) is 0 Å². The molecule has 2 aromatic rings. The van der Waals surface area contributed by atoms with Gasteiger partial charge in [0, 0.05) is 13.0 Å². The summed E-state index contributed by atoms with van der Waals surface area (Å²) < 4.78 is 0. The first-order valence-corrected chi connectivity index (χ1v) is 20.5. The van der Waals surface area contributed by atoms with Gasteiger partial charge in [-0.05, 0) is 87.9 Å². The van der Waals surface area contributed by atoms with Crippen LogP contribution in [-0.4, -0.2) is 96.5 Å². The molecular formula is C42H69N9O7. The van der Waals surface area contributed by atoms with Gasteiger partial charge in [0.1, 0.15) is 24.2 Å². The molecule has 0 aliphatic carbocycles. The summed E-state index contributed by atoms with van der Waals surface area (Å²) in [4.78, 5) is 78.2. The van der Waals surface area contributed by atoms with Crippen molar-refractivity contribution in [2.24, 2.45) is 28.9 Å². The Morgan fingerprint density at radius 1 is 0.552 bits per heavy atom. The molecule has 0 aromatic heterocycles. The molecular weight excluding hydrogens is 743 g/mol. The van der Waals surface area contributed by atoms with Crippen molar-refractivity contribution in [3.63, 3.8) is 0 Å². The van der Waals surface area contributed by atoms with E-state index in [-0.39, 0.29) is 51.1 Å². The summed E-state index contributed by atoms with van der Waals surface area (Å²) in [6, 6.07) is 12.5. The van der Waals surface area contributed by atoms with Gasteiger partial charge < -0.3 is 54.6 Å². The van der Waals surface area contributed by atoms with Crippen molar-refractivity contribution in [3.05, 3.63) is 71.8 Å². The van der Waals surface area contributed by atoms with E-state index >= 15 is 0 Å². The van der Waals surface area contributed by atoms with E-state index in [0.717, 1.165) is 11.1 Å². The second-order valence-corrected chi connectivity index (χ2v) is 14.5. The second kappa shape index (κ2) is 29.3. The molecule has 0 bridgehead atoms. The standard InChI is InChI=1S/C40H63N9O7.C2H6/c1-26(2)23-33(49-39(54)34(25-28-15-7-4-8-16-28)48-36(51)30(44)24-27-13-5-3-6-14-27)38(53)46-31(19-12-21-42)37(52)45-22-10-9-18-32(40(55)56)47-35(50)29(43)17-11-20-41;1-2/h3-8,13-16,26,29-34H,9-12,17-25,41-44H2,1-2H3,(H,45,52)(H,46,53)(H,47,50)(H,48,51)(H,49,54)(H,55,56);1-2H3/t29-,30-,31-,32-,33-,34-;/m1./s1. The van der Waals surface area contributed by atoms with E-state index in [1.54, 1.807) is 0 Å². The summed E-state index contributed by atoms with van der Waals surface area (Å²) in [5, 5.41) is 23.2. The van der Waals surface area contributed by atoms with Gasteiger partial charge in [-0.25, -0.2) is 4.79 Å². The Morgan fingerprint density at radius 3 is 1.57 bits per heavy atom. The van der Waals surface area contributed by atoms with Gasteiger partial charge in [0.15, 0.2) is 0 Å². The zero-order valence-electron chi connectivity index (χ0n) is 34.7. The number of aliphatic carboxylic acids is 1. The molecule has 58 heavy (non-hydrogen) atoms. The van der Waals surface area contributed by atoms with Crippen molar-refractivity contribution in [1.29, 1.82) is 0 Å². The van der Waals surface area contributed by atoms with Crippen LogP contribution in [0.3, 0.4) is 0 Å². The van der Waals surface area contributed by atoms with Gasteiger partial charge in [0.2, 0.25) is 29.5 Å². The molecule has 0 saturated carbocycles. The van der Waals surface area contributed by atoms with Crippen LogP contribution >= 0.6 is 0 Å². The molecule has 16 nitrogen and oxygen atoms in total. The molecule has 0 fully saturated rings. The summed E-state index contributed by atoms with van der Waals surface area (Å²) in [6.07, 6.45) is 3.10. The summed E-state index contributed by atoms with van der Waals surface area (Å²) >= 11 is 0. The van der Waals surface area contributed by atoms with Crippen LogP contribution in [0.4, 0.5) is 0 Å². The number of rotatable bonds is 27. The molecule has 14 N–H and O–H groups in total. The van der Waals surface area contributed by atoms with E-state index in [1.807, 2.05) is 88.4 Å². The largest absolute Gasteiger partial charge is 0.480 e. The molecule has 2 rings (SSSR count). The van der Waals surface area contributed by atoms with Crippen molar-refractivity contribution < 1.29 is 33.9 Å². The minimum atomic E-state index is -1.19. The lowest BCUT2D eigenvalue weighted by Gasteiger charge is -2.27. The number of nitrogens with one attached hydrogen (secondary N) is 5. The Labute approximate surface area is 343 Å². The Hall–Kier alpha value is -4.90. The number of amides is 5. The van der Waals surface area contributed by atoms with Gasteiger partial charge in [0.05, 0.1) is 12.1 Å². The molecule has 2 aromatic carbocycles. The number of carboxylic acids is 1. The molecule has 0 unspecified atom stereocenters. The lowest BCUT2D eigenvalue weighted by Crippen LogP contribution is -2.58. The van der Waals surface area contributed by atoms with Gasteiger partial charge in [-0.15, -0.1) is 0 Å². The molecule has 0 aliphatic heterocycles. The van der Waals surface area contributed by atoms with Crippen LogP contribution in [0.5, 0.6) is 0 Å². The van der Waals surface area contributed by atoms with Gasteiger partial charge >= 0.3 is 5.97 Å². The fourth-order valence-corrected chi connectivity index (χ4v) is 5.95. The van der Waals surface area contributed by atoms with E-state index in [1.165, 1.54) is 0 Å². The first-order valence-electron chi connectivity index (χ1n) is 20.5. The van der Waals surface area contributed by atoms with Crippen molar-refractivity contribution in [3.8, 4) is 0 Å². The highest BCUT2D eigenvalue weighted by Gasteiger charge is 2.31. The molecule has 6 atom stereocenters. The number of hydrogen-bond donors (Lipinski definition) is 10. The van der Waals surface area contributed by atoms with Crippen LogP contribution in [0.2, 0.25) is 0 Å². The minimum absolute atomic E-state index is 0.0232. The highest BCUT2D eigenvalue weighted by Crippen LogP contribution is 2.11. The molecule has 0 spiro atoms. The third kappa shape index (κ3) is 20.5. The number of carbonyl (C=O) groups excluding carboxylic acids is 5. The van der Waals surface area contributed by atoms with E-state index in [0.29, 0.717) is 38.6 Å². The number of benzene rings is 2. The minimum Gasteiger partial charge on any atom is -0.480 e. The zero-order chi connectivity index (χ0) is 43.5. The number of carboxylic acid groups (broad SMARTS) is 1. The first kappa shape index (κ1) is 51.1. The third-order valence-electron chi connectivity index (χ3n) is 9.11. The van der Waals surface area contributed by atoms with E-state index in [9.17, 15) is 33.9 Å². The van der Waals surface area contributed by atoms with Gasteiger partial charge in [-0.1, -0.05) is 88.4 Å². The van der Waals surface area contributed by atoms with Crippen LogP contribution in [0.15, 0.2) is 60.7 Å². The van der Waals surface area contributed by atoms with Crippen LogP contribution in [0.1, 0.15) is 90.2 Å². The van der Waals surface area contributed by atoms with Crippen molar-refractivity contribution >= 4 is 35.5 Å². The Balaban J connectivity index is 0.00000827. The lowest BCUT2D eigenvalue weighted by molar-refractivity contribution is -0.142. The number of hydrogen-bond acceptors (Lipinski definition) is 10. The van der Waals surface area contributed by atoms with Gasteiger partial charge in [-0.2, -0.15) is 0 Å². The average Bonchev–Trinajstić information content (AvgIpc) is 3.21. The molecule has 0 heterocycles. The van der Waals surface area contributed by atoms with Crippen LogP contribution < -0.4 is 49.5 Å². The third-order valence-corrected chi connectivity index (χ3v) is 9.11. The van der Waals surface area contributed by atoms with E-state index in [2.05, 4.69) is 26.6 Å². The maximum atomic E-state index is 13.9. The highest BCUT2D eigenvalue weighted by molar-refractivity contribution is 5.95. The molecule has 0 saturated heterocycles. The fourth-order valence-electron chi connectivity index (χ4n) is 5.95.